The van der Waals surface area contributed by atoms with Gasteiger partial charge in [0.2, 0.25) is 0 Å². The monoisotopic (exact) mass is 256 g/mol. The lowest BCUT2D eigenvalue weighted by atomic mass is 10.0. The number of benzene rings is 1. The zero-order valence-corrected chi connectivity index (χ0v) is 11.6. The summed E-state index contributed by atoms with van der Waals surface area (Å²) in [7, 11) is 0. The van der Waals surface area contributed by atoms with E-state index in [0.29, 0.717) is 6.04 Å². The van der Waals surface area contributed by atoms with Crippen molar-refractivity contribution in [3.05, 3.63) is 35.9 Å². The number of nitrogens with one attached hydrogen (secondary N) is 1. The average Bonchev–Trinajstić information content (AvgIpc) is 3.04. The second-order valence-corrected chi connectivity index (χ2v) is 6.64. The van der Waals surface area contributed by atoms with Crippen LogP contribution in [0.15, 0.2) is 30.3 Å². The zero-order valence-electron chi connectivity index (χ0n) is 11.6. The first kappa shape index (κ1) is 11.9. The van der Waals surface area contributed by atoms with Gasteiger partial charge in [-0.25, -0.2) is 0 Å². The van der Waals surface area contributed by atoms with Gasteiger partial charge in [0.15, 0.2) is 0 Å². The topological polar surface area (TPSA) is 15.3 Å². The van der Waals surface area contributed by atoms with Crippen LogP contribution in [0.25, 0.3) is 0 Å². The first-order valence-corrected chi connectivity index (χ1v) is 7.94. The maximum absolute atomic E-state index is 3.75. The van der Waals surface area contributed by atoms with E-state index in [2.05, 4.69) is 40.5 Å². The SMILES string of the molecule is c1ccc(C(CNC2CC2)N2CC3CCC2C3)cc1. The second kappa shape index (κ2) is 4.92. The van der Waals surface area contributed by atoms with Crippen LogP contribution in [0.2, 0.25) is 0 Å². The molecule has 2 bridgehead atoms. The maximum Gasteiger partial charge on any atom is 0.0475 e. The summed E-state index contributed by atoms with van der Waals surface area (Å²) in [6.07, 6.45) is 7.12. The third kappa shape index (κ3) is 2.44. The van der Waals surface area contributed by atoms with Crippen molar-refractivity contribution in [3.63, 3.8) is 0 Å². The van der Waals surface area contributed by atoms with E-state index >= 15 is 0 Å². The van der Waals surface area contributed by atoms with Gasteiger partial charge in [0.1, 0.15) is 0 Å². The molecule has 4 rings (SSSR count). The number of likely N-dealkylation sites (tertiary alicyclic amines) is 1. The fraction of sp³-hybridized carbons (Fsp3) is 0.647. The van der Waals surface area contributed by atoms with Crippen molar-refractivity contribution in [3.8, 4) is 0 Å². The molecule has 2 nitrogen and oxygen atoms in total. The number of hydrogen-bond acceptors (Lipinski definition) is 2. The van der Waals surface area contributed by atoms with Gasteiger partial charge < -0.3 is 5.32 Å². The van der Waals surface area contributed by atoms with Crippen LogP contribution >= 0.6 is 0 Å². The van der Waals surface area contributed by atoms with Crippen molar-refractivity contribution in [1.29, 1.82) is 0 Å². The van der Waals surface area contributed by atoms with Gasteiger partial charge in [-0.2, -0.15) is 0 Å². The molecule has 1 aliphatic heterocycles. The van der Waals surface area contributed by atoms with Gasteiger partial charge in [-0.1, -0.05) is 30.3 Å². The van der Waals surface area contributed by atoms with Crippen LogP contribution in [0.3, 0.4) is 0 Å². The number of hydrogen-bond donors (Lipinski definition) is 1. The third-order valence-corrected chi connectivity index (χ3v) is 5.21. The van der Waals surface area contributed by atoms with Crippen LogP contribution in [0.4, 0.5) is 0 Å². The van der Waals surface area contributed by atoms with Crippen LogP contribution in [0, 0.1) is 5.92 Å². The maximum atomic E-state index is 3.75. The second-order valence-electron chi connectivity index (χ2n) is 6.64. The number of rotatable bonds is 5. The molecular weight excluding hydrogens is 232 g/mol. The summed E-state index contributed by atoms with van der Waals surface area (Å²) in [5, 5.41) is 3.75. The summed E-state index contributed by atoms with van der Waals surface area (Å²) in [4.78, 5) is 2.79. The Kier molecular flexibility index (Phi) is 3.08. The first-order valence-electron chi connectivity index (χ1n) is 7.94. The molecular formula is C17H24N2. The molecule has 0 radical (unpaired) electrons. The Morgan fingerprint density at radius 2 is 1.95 bits per heavy atom. The smallest absolute Gasteiger partial charge is 0.0475 e. The van der Waals surface area contributed by atoms with Crippen LogP contribution in [0.5, 0.6) is 0 Å². The number of piperidine rings is 1. The van der Waals surface area contributed by atoms with Crippen molar-refractivity contribution in [2.75, 3.05) is 13.1 Å². The molecule has 1 heterocycles. The zero-order chi connectivity index (χ0) is 12.7. The summed E-state index contributed by atoms with van der Waals surface area (Å²) in [5.74, 6) is 0.983. The van der Waals surface area contributed by atoms with Crippen LogP contribution in [0.1, 0.15) is 43.7 Å². The quantitative estimate of drug-likeness (QED) is 0.871. The Bertz CT molecular complexity index is 426. The molecule has 3 fully saturated rings. The Morgan fingerprint density at radius 3 is 2.58 bits per heavy atom. The van der Waals surface area contributed by atoms with Crippen molar-refractivity contribution >= 4 is 0 Å². The molecule has 2 aliphatic carbocycles. The van der Waals surface area contributed by atoms with Gasteiger partial charge >= 0.3 is 0 Å². The molecule has 19 heavy (non-hydrogen) atoms. The van der Waals surface area contributed by atoms with Crippen molar-refractivity contribution in [1.82, 2.24) is 10.2 Å². The number of fused-ring (bicyclic) bond motifs is 2. The van der Waals surface area contributed by atoms with E-state index in [1.807, 2.05) is 0 Å². The molecule has 1 aromatic rings. The van der Waals surface area contributed by atoms with E-state index in [4.69, 9.17) is 0 Å². The normalized spacial score (nSPS) is 31.8. The van der Waals surface area contributed by atoms with Gasteiger partial charge in [0.05, 0.1) is 0 Å². The molecule has 0 spiro atoms. The lowest BCUT2D eigenvalue weighted by molar-refractivity contribution is 0.146. The van der Waals surface area contributed by atoms with Gasteiger partial charge in [-0.3, -0.25) is 4.90 Å². The highest BCUT2D eigenvalue weighted by Crippen LogP contribution is 2.42. The van der Waals surface area contributed by atoms with Crippen LogP contribution in [-0.4, -0.2) is 30.1 Å². The molecule has 1 aromatic carbocycles. The standard InChI is InChI=1S/C17H24N2/c1-2-4-14(5-3-1)17(11-18-15-7-8-15)19-12-13-6-9-16(19)10-13/h1-5,13,15-18H,6-12H2. The fourth-order valence-corrected chi connectivity index (χ4v) is 4.01. The molecule has 3 unspecified atom stereocenters. The Balaban J connectivity index is 1.52. The van der Waals surface area contributed by atoms with Crippen LogP contribution in [-0.2, 0) is 0 Å². The minimum Gasteiger partial charge on any atom is -0.312 e. The summed E-state index contributed by atoms with van der Waals surface area (Å²) < 4.78 is 0. The van der Waals surface area contributed by atoms with E-state index in [1.54, 1.807) is 0 Å². The third-order valence-electron chi connectivity index (χ3n) is 5.21. The summed E-state index contributed by atoms with van der Waals surface area (Å²) in [6, 6.07) is 13.4. The van der Waals surface area contributed by atoms with E-state index in [9.17, 15) is 0 Å². The van der Waals surface area contributed by atoms with Crippen molar-refractivity contribution in [2.24, 2.45) is 5.92 Å². The Labute approximate surface area is 116 Å². The predicted octanol–water partition coefficient (Wildman–Crippen LogP) is 2.96. The van der Waals surface area contributed by atoms with Gasteiger partial charge in [0.25, 0.3) is 0 Å². The highest BCUT2D eigenvalue weighted by molar-refractivity contribution is 5.21. The number of nitrogens with zero attached hydrogens (tertiary/aromatic N) is 1. The highest BCUT2D eigenvalue weighted by Gasteiger charge is 2.41. The Morgan fingerprint density at radius 1 is 1.11 bits per heavy atom. The van der Waals surface area contributed by atoms with E-state index in [0.717, 1.165) is 24.5 Å². The molecule has 3 aliphatic rings. The van der Waals surface area contributed by atoms with E-state index in [1.165, 1.54) is 44.2 Å². The molecule has 0 amide bonds. The molecule has 3 atom stereocenters. The Hall–Kier alpha value is -0.860. The first-order chi connectivity index (χ1) is 9.40. The molecule has 2 saturated carbocycles. The van der Waals surface area contributed by atoms with Crippen molar-refractivity contribution < 1.29 is 0 Å². The predicted molar refractivity (Wildman–Crippen MR) is 78.0 cm³/mol. The van der Waals surface area contributed by atoms with Crippen molar-refractivity contribution in [2.45, 2.75) is 50.2 Å². The fourth-order valence-electron chi connectivity index (χ4n) is 4.01. The molecule has 0 aromatic heterocycles. The summed E-state index contributed by atoms with van der Waals surface area (Å²) in [5.41, 5.74) is 1.50. The minimum absolute atomic E-state index is 0.595. The molecule has 102 valence electrons. The molecule has 1 N–H and O–H groups in total. The average molecular weight is 256 g/mol. The van der Waals surface area contributed by atoms with Gasteiger partial charge in [-0.05, 0) is 43.6 Å². The van der Waals surface area contributed by atoms with E-state index < -0.39 is 0 Å². The summed E-state index contributed by atoms with van der Waals surface area (Å²) >= 11 is 0. The van der Waals surface area contributed by atoms with E-state index in [-0.39, 0.29) is 0 Å². The van der Waals surface area contributed by atoms with Crippen LogP contribution < -0.4 is 5.32 Å². The lowest BCUT2D eigenvalue weighted by Crippen LogP contribution is -2.41. The summed E-state index contributed by atoms with van der Waals surface area (Å²) in [6.45, 7) is 2.47. The minimum atomic E-state index is 0.595. The molecule has 2 heteroatoms. The largest absolute Gasteiger partial charge is 0.312 e. The van der Waals surface area contributed by atoms with Gasteiger partial charge in [0, 0.05) is 31.2 Å². The van der Waals surface area contributed by atoms with Gasteiger partial charge in [-0.15, -0.1) is 0 Å². The highest BCUT2D eigenvalue weighted by atomic mass is 15.2. The molecule has 1 saturated heterocycles. The lowest BCUT2D eigenvalue weighted by Gasteiger charge is -2.35.